The number of anilines is 1. The molecule has 1 fully saturated rings. The molecule has 3 rings (SSSR count). The van der Waals surface area contributed by atoms with Crippen LogP contribution in [0.2, 0.25) is 5.02 Å². The zero-order chi connectivity index (χ0) is 18.0. The monoisotopic (exact) mass is 378 g/mol. The Labute approximate surface area is 152 Å². The van der Waals surface area contributed by atoms with Crippen LogP contribution in [0, 0.1) is 6.92 Å². The second-order valence-electron chi connectivity index (χ2n) is 6.07. The fourth-order valence-electron chi connectivity index (χ4n) is 2.77. The fourth-order valence-corrected chi connectivity index (χ4v) is 4.57. The summed E-state index contributed by atoms with van der Waals surface area (Å²) in [4.78, 5) is 12.5. The third-order valence-corrected chi connectivity index (χ3v) is 6.42. The van der Waals surface area contributed by atoms with Crippen molar-refractivity contribution in [3.05, 3.63) is 58.6 Å². The second kappa shape index (κ2) is 7.15. The van der Waals surface area contributed by atoms with Gasteiger partial charge in [-0.05, 0) is 61.7 Å². The van der Waals surface area contributed by atoms with Gasteiger partial charge in [-0.25, -0.2) is 8.42 Å². The zero-order valence-corrected chi connectivity index (χ0v) is 15.4. The van der Waals surface area contributed by atoms with Crippen molar-refractivity contribution in [1.82, 2.24) is 4.31 Å². The number of carbonyl (C=O) groups is 1. The van der Waals surface area contributed by atoms with Gasteiger partial charge in [0.05, 0.1) is 15.6 Å². The number of benzene rings is 2. The molecule has 1 amide bonds. The van der Waals surface area contributed by atoms with Crippen LogP contribution in [0.4, 0.5) is 5.69 Å². The molecular weight excluding hydrogens is 360 g/mol. The van der Waals surface area contributed by atoms with E-state index >= 15 is 0 Å². The highest BCUT2D eigenvalue weighted by atomic mass is 35.5. The summed E-state index contributed by atoms with van der Waals surface area (Å²) in [7, 11) is -3.47. The molecule has 1 aliphatic rings. The Morgan fingerprint density at radius 1 is 1.08 bits per heavy atom. The first-order valence-corrected chi connectivity index (χ1v) is 9.87. The Kier molecular flexibility index (Phi) is 5.13. The standard InChI is InChI=1S/C18H19ClN2O3S/c1-13-4-9-17(16(19)12-13)20-18(22)14-5-7-15(8-6-14)25(23,24)21-10-2-3-11-21/h4-9,12H,2-3,10-11H2,1H3,(H,20,22). The van der Waals surface area contributed by atoms with Crippen molar-refractivity contribution in [2.45, 2.75) is 24.7 Å². The number of hydrogen-bond acceptors (Lipinski definition) is 3. The molecule has 0 spiro atoms. The molecule has 0 radical (unpaired) electrons. The van der Waals surface area contributed by atoms with Gasteiger partial charge in [0.1, 0.15) is 0 Å². The van der Waals surface area contributed by atoms with Gasteiger partial charge in [0.2, 0.25) is 10.0 Å². The molecule has 132 valence electrons. The maximum atomic E-state index is 12.5. The minimum Gasteiger partial charge on any atom is -0.321 e. The molecular formula is C18H19ClN2O3S. The molecule has 2 aromatic carbocycles. The van der Waals surface area contributed by atoms with E-state index in [4.69, 9.17) is 11.6 Å². The third-order valence-electron chi connectivity index (χ3n) is 4.19. The van der Waals surface area contributed by atoms with E-state index in [1.807, 2.05) is 13.0 Å². The van der Waals surface area contributed by atoms with E-state index < -0.39 is 10.0 Å². The van der Waals surface area contributed by atoms with Gasteiger partial charge in [0.15, 0.2) is 0 Å². The predicted octanol–water partition coefficient (Wildman–Crippen LogP) is 3.69. The summed E-state index contributed by atoms with van der Waals surface area (Å²) in [6.07, 6.45) is 1.77. The van der Waals surface area contributed by atoms with Crippen LogP contribution in [-0.2, 0) is 10.0 Å². The van der Waals surface area contributed by atoms with Crippen molar-refractivity contribution in [3.63, 3.8) is 0 Å². The van der Waals surface area contributed by atoms with Gasteiger partial charge in [-0.15, -0.1) is 0 Å². The number of rotatable bonds is 4. The SMILES string of the molecule is Cc1ccc(NC(=O)c2ccc(S(=O)(=O)N3CCCC3)cc2)c(Cl)c1. The Morgan fingerprint density at radius 3 is 2.32 bits per heavy atom. The van der Waals surface area contributed by atoms with Crippen molar-refractivity contribution >= 4 is 33.2 Å². The summed E-state index contributed by atoms with van der Waals surface area (Å²) in [5.41, 5.74) is 1.89. The zero-order valence-electron chi connectivity index (χ0n) is 13.8. The number of carbonyl (C=O) groups excluding carboxylic acids is 1. The van der Waals surface area contributed by atoms with Crippen LogP contribution in [0.25, 0.3) is 0 Å². The van der Waals surface area contributed by atoms with Gasteiger partial charge in [-0.1, -0.05) is 17.7 Å². The molecule has 25 heavy (non-hydrogen) atoms. The van der Waals surface area contributed by atoms with Crippen molar-refractivity contribution in [1.29, 1.82) is 0 Å². The molecule has 1 N–H and O–H groups in total. The van der Waals surface area contributed by atoms with E-state index in [1.54, 1.807) is 12.1 Å². The highest BCUT2D eigenvalue weighted by Gasteiger charge is 2.27. The summed E-state index contributed by atoms with van der Waals surface area (Å²) in [6.45, 7) is 3.02. The summed E-state index contributed by atoms with van der Waals surface area (Å²) >= 11 is 6.12. The van der Waals surface area contributed by atoms with E-state index in [-0.39, 0.29) is 10.8 Å². The van der Waals surface area contributed by atoms with Crippen LogP contribution >= 0.6 is 11.6 Å². The first kappa shape index (κ1) is 17.9. The number of halogens is 1. The summed E-state index contributed by atoms with van der Waals surface area (Å²) in [6, 6.07) is 11.3. The lowest BCUT2D eigenvalue weighted by atomic mass is 10.2. The maximum Gasteiger partial charge on any atom is 0.255 e. The third kappa shape index (κ3) is 3.86. The molecule has 0 saturated carbocycles. The average Bonchev–Trinajstić information content (AvgIpc) is 3.13. The number of nitrogens with zero attached hydrogens (tertiary/aromatic N) is 1. The topological polar surface area (TPSA) is 66.5 Å². The van der Waals surface area contributed by atoms with Gasteiger partial charge in [0.25, 0.3) is 5.91 Å². The normalized spacial score (nSPS) is 15.3. The van der Waals surface area contributed by atoms with Crippen molar-refractivity contribution < 1.29 is 13.2 Å². The summed E-state index contributed by atoms with van der Waals surface area (Å²) in [5.74, 6) is -0.337. The summed E-state index contributed by atoms with van der Waals surface area (Å²) in [5, 5.41) is 3.20. The van der Waals surface area contributed by atoms with Crippen LogP contribution in [0.3, 0.4) is 0 Å². The van der Waals surface area contributed by atoms with E-state index in [2.05, 4.69) is 5.32 Å². The minimum absolute atomic E-state index is 0.208. The van der Waals surface area contributed by atoms with Gasteiger partial charge in [0, 0.05) is 18.7 Å². The van der Waals surface area contributed by atoms with Crippen LogP contribution < -0.4 is 5.32 Å². The predicted molar refractivity (Wildman–Crippen MR) is 98.6 cm³/mol. The number of nitrogens with one attached hydrogen (secondary N) is 1. The molecule has 0 aliphatic carbocycles. The maximum absolute atomic E-state index is 12.5. The van der Waals surface area contributed by atoms with E-state index in [1.165, 1.54) is 28.6 Å². The van der Waals surface area contributed by atoms with Crippen LogP contribution in [0.5, 0.6) is 0 Å². The number of sulfonamides is 1. The Balaban J connectivity index is 1.76. The van der Waals surface area contributed by atoms with Crippen LogP contribution in [0.1, 0.15) is 28.8 Å². The van der Waals surface area contributed by atoms with Crippen molar-refractivity contribution in [3.8, 4) is 0 Å². The number of hydrogen-bond donors (Lipinski definition) is 1. The molecule has 0 bridgehead atoms. The molecule has 0 aromatic heterocycles. The smallest absolute Gasteiger partial charge is 0.255 e. The Morgan fingerprint density at radius 2 is 1.72 bits per heavy atom. The first-order chi connectivity index (χ1) is 11.9. The van der Waals surface area contributed by atoms with Gasteiger partial charge in [-0.2, -0.15) is 4.31 Å². The molecule has 5 nitrogen and oxygen atoms in total. The van der Waals surface area contributed by atoms with E-state index in [0.717, 1.165) is 18.4 Å². The molecule has 1 aliphatic heterocycles. The average molecular weight is 379 g/mol. The van der Waals surface area contributed by atoms with Gasteiger partial charge < -0.3 is 5.32 Å². The second-order valence-corrected chi connectivity index (χ2v) is 8.42. The first-order valence-electron chi connectivity index (χ1n) is 8.05. The van der Waals surface area contributed by atoms with Gasteiger partial charge in [-0.3, -0.25) is 4.79 Å². The number of aryl methyl sites for hydroxylation is 1. The van der Waals surface area contributed by atoms with Crippen LogP contribution in [-0.4, -0.2) is 31.7 Å². The molecule has 1 saturated heterocycles. The quantitative estimate of drug-likeness (QED) is 0.882. The highest BCUT2D eigenvalue weighted by Crippen LogP contribution is 2.24. The van der Waals surface area contributed by atoms with Crippen molar-refractivity contribution in [2.75, 3.05) is 18.4 Å². The number of amides is 1. The molecule has 7 heteroatoms. The van der Waals surface area contributed by atoms with E-state index in [0.29, 0.717) is 29.4 Å². The molecule has 0 atom stereocenters. The largest absolute Gasteiger partial charge is 0.321 e. The molecule has 2 aromatic rings. The lowest BCUT2D eigenvalue weighted by Gasteiger charge is -2.15. The van der Waals surface area contributed by atoms with Gasteiger partial charge >= 0.3 is 0 Å². The fraction of sp³-hybridized carbons (Fsp3) is 0.278. The highest BCUT2D eigenvalue weighted by molar-refractivity contribution is 7.89. The Bertz CT molecular complexity index is 889. The molecule has 1 heterocycles. The van der Waals surface area contributed by atoms with Crippen molar-refractivity contribution in [2.24, 2.45) is 0 Å². The minimum atomic E-state index is -3.47. The van der Waals surface area contributed by atoms with Crippen LogP contribution in [0.15, 0.2) is 47.4 Å². The lowest BCUT2D eigenvalue weighted by Crippen LogP contribution is -2.27. The lowest BCUT2D eigenvalue weighted by molar-refractivity contribution is 0.102. The summed E-state index contributed by atoms with van der Waals surface area (Å²) < 4.78 is 26.5. The molecule has 0 unspecified atom stereocenters. The van der Waals surface area contributed by atoms with E-state index in [9.17, 15) is 13.2 Å². The Hall–Kier alpha value is -1.89.